The topological polar surface area (TPSA) is 38.7 Å². The molecule has 0 atom stereocenters. The molecule has 2 saturated carbocycles. The standard InChI is InChI=1S/C16H19NO2/c1-19-15-7-6-13(16(8-9-16)17-11-18)10-14(15)12-4-2-3-5-12/h6-7,10,12H,2-5,8-9H2,1H3. The van der Waals surface area contributed by atoms with Crippen molar-refractivity contribution >= 4 is 6.08 Å². The van der Waals surface area contributed by atoms with Crippen LogP contribution in [-0.4, -0.2) is 13.2 Å². The Morgan fingerprint density at radius 2 is 2.05 bits per heavy atom. The fraction of sp³-hybridized carbons (Fsp3) is 0.562. The van der Waals surface area contributed by atoms with E-state index < -0.39 is 0 Å². The molecule has 3 heteroatoms. The number of benzene rings is 1. The van der Waals surface area contributed by atoms with Gasteiger partial charge in [-0.1, -0.05) is 18.9 Å². The van der Waals surface area contributed by atoms with Crippen LogP contribution in [-0.2, 0) is 10.3 Å². The molecule has 0 radical (unpaired) electrons. The van der Waals surface area contributed by atoms with Gasteiger partial charge in [0.1, 0.15) is 5.75 Å². The number of methoxy groups -OCH3 is 1. The number of nitrogens with zero attached hydrogens (tertiary/aromatic N) is 1. The maximum Gasteiger partial charge on any atom is 0.235 e. The SMILES string of the molecule is COc1ccc(C2(N=C=O)CC2)cc1C1CCCC1. The van der Waals surface area contributed by atoms with E-state index in [-0.39, 0.29) is 5.54 Å². The summed E-state index contributed by atoms with van der Waals surface area (Å²) in [5, 5.41) is 0. The van der Waals surface area contributed by atoms with Crippen LogP contribution in [0.5, 0.6) is 5.75 Å². The first-order chi connectivity index (χ1) is 9.29. The van der Waals surface area contributed by atoms with Crippen molar-refractivity contribution in [2.45, 2.75) is 50.0 Å². The number of isocyanates is 1. The second-order valence-corrected chi connectivity index (χ2v) is 5.67. The lowest BCUT2D eigenvalue weighted by atomic mass is 9.92. The van der Waals surface area contributed by atoms with Crippen molar-refractivity contribution in [3.63, 3.8) is 0 Å². The van der Waals surface area contributed by atoms with Crippen LogP contribution in [0, 0.1) is 0 Å². The van der Waals surface area contributed by atoms with Gasteiger partial charge in [-0.3, -0.25) is 0 Å². The number of hydrogen-bond donors (Lipinski definition) is 0. The molecular weight excluding hydrogens is 238 g/mol. The van der Waals surface area contributed by atoms with Crippen LogP contribution in [0.25, 0.3) is 0 Å². The highest BCUT2D eigenvalue weighted by Crippen LogP contribution is 2.51. The molecule has 0 spiro atoms. The van der Waals surface area contributed by atoms with E-state index in [0.717, 1.165) is 24.2 Å². The van der Waals surface area contributed by atoms with Gasteiger partial charge in [-0.05, 0) is 54.9 Å². The zero-order chi connectivity index (χ0) is 13.3. The number of carbonyl (C=O) groups excluding carboxylic acids is 1. The Kier molecular flexibility index (Phi) is 3.16. The van der Waals surface area contributed by atoms with E-state index in [4.69, 9.17) is 4.74 Å². The van der Waals surface area contributed by atoms with Crippen molar-refractivity contribution in [3.05, 3.63) is 29.3 Å². The van der Waals surface area contributed by atoms with Gasteiger partial charge in [0.25, 0.3) is 0 Å². The maximum absolute atomic E-state index is 10.6. The zero-order valence-corrected chi connectivity index (χ0v) is 11.3. The summed E-state index contributed by atoms with van der Waals surface area (Å²) in [6.07, 6.45) is 8.73. The van der Waals surface area contributed by atoms with Crippen LogP contribution in [0.3, 0.4) is 0 Å². The largest absolute Gasteiger partial charge is 0.496 e. The van der Waals surface area contributed by atoms with Crippen molar-refractivity contribution in [2.75, 3.05) is 7.11 Å². The second kappa shape index (κ2) is 4.82. The highest BCUT2D eigenvalue weighted by atomic mass is 16.5. The molecule has 0 amide bonds. The second-order valence-electron chi connectivity index (χ2n) is 5.67. The monoisotopic (exact) mass is 257 g/mol. The van der Waals surface area contributed by atoms with E-state index in [0.29, 0.717) is 5.92 Å². The van der Waals surface area contributed by atoms with E-state index in [9.17, 15) is 4.79 Å². The Hall–Kier alpha value is -1.60. The highest BCUT2D eigenvalue weighted by molar-refractivity contribution is 5.47. The molecule has 3 rings (SSSR count). The minimum Gasteiger partial charge on any atom is -0.496 e. The van der Waals surface area contributed by atoms with Gasteiger partial charge in [0, 0.05) is 0 Å². The van der Waals surface area contributed by atoms with Crippen LogP contribution in [0.2, 0.25) is 0 Å². The average Bonchev–Trinajstić information content (AvgIpc) is 3.03. The molecule has 3 nitrogen and oxygen atoms in total. The highest BCUT2D eigenvalue weighted by Gasteiger charge is 2.45. The van der Waals surface area contributed by atoms with E-state index in [1.165, 1.54) is 31.2 Å². The summed E-state index contributed by atoms with van der Waals surface area (Å²) >= 11 is 0. The van der Waals surface area contributed by atoms with Crippen LogP contribution in [0.4, 0.5) is 0 Å². The quantitative estimate of drug-likeness (QED) is 0.609. The molecule has 0 unspecified atom stereocenters. The molecule has 1 aromatic rings. The molecule has 0 bridgehead atoms. The molecule has 19 heavy (non-hydrogen) atoms. The zero-order valence-electron chi connectivity index (χ0n) is 11.3. The van der Waals surface area contributed by atoms with Crippen molar-refractivity contribution in [3.8, 4) is 5.75 Å². The molecular formula is C16H19NO2. The van der Waals surface area contributed by atoms with Crippen LogP contribution >= 0.6 is 0 Å². The minimum absolute atomic E-state index is 0.276. The summed E-state index contributed by atoms with van der Waals surface area (Å²) in [5.41, 5.74) is 2.17. The van der Waals surface area contributed by atoms with Gasteiger partial charge < -0.3 is 4.74 Å². The third kappa shape index (κ3) is 2.19. The fourth-order valence-corrected chi connectivity index (χ4v) is 3.25. The molecule has 0 aromatic heterocycles. The van der Waals surface area contributed by atoms with E-state index in [1.54, 1.807) is 13.2 Å². The molecule has 2 fully saturated rings. The summed E-state index contributed by atoms with van der Waals surface area (Å²) in [6, 6.07) is 6.29. The fourth-order valence-electron chi connectivity index (χ4n) is 3.25. The lowest BCUT2D eigenvalue weighted by molar-refractivity contribution is 0.405. The van der Waals surface area contributed by atoms with Gasteiger partial charge in [-0.15, -0.1) is 0 Å². The number of hydrogen-bond acceptors (Lipinski definition) is 3. The predicted molar refractivity (Wildman–Crippen MR) is 73.2 cm³/mol. The summed E-state index contributed by atoms with van der Waals surface area (Å²) in [4.78, 5) is 14.6. The Balaban J connectivity index is 1.99. The Bertz CT molecular complexity index is 522. The summed E-state index contributed by atoms with van der Waals surface area (Å²) < 4.78 is 5.50. The molecule has 0 heterocycles. The third-order valence-corrected chi connectivity index (χ3v) is 4.55. The van der Waals surface area contributed by atoms with Gasteiger partial charge in [0.05, 0.1) is 12.6 Å². The van der Waals surface area contributed by atoms with E-state index in [1.807, 2.05) is 12.1 Å². The maximum atomic E-state index is 10.6. The van der Waals surface area contributed by atoms with Gasteiger partial charge >= 0.3 is 0 Å². The molecule has 0 aliphatic heterocycles. The van der Waals surface area contributed by atoms with Crippen LogP contribution in [0.1, 0.15) is 55.6 Å². The van der Waals surface area contributed by atoms with Crippen molar-refractivity contribution in [1.82, 2.24) is 0 Å². The molecule has 0 saturated heterocycles. The Labute approximate surface area is 113 Å². The average molecular weight is 257 g/mol. The van der Waals surface area contributed by atoms with Crippen molar-refractivity contribution in [2.24, 2.45) is 4.99 Å². The van der Waals surface area contributed by atoms with Gasteiger partial charge in [0.15, 0.2) is 0 Å². The summed E-state index contributed by atoms with van der Waals surface area (Å²) in [6.45, 7) is 0. The minimum atomic E-state index is -0.276. The first kappa shape index (κ1) is 12.4. The van der Waals surface area contributed by atoms with E-state index >= 15 is 0 Å². The predicted octanol–water partition coefficient (Wildman–Crippen LogP) is 3.68. The number of rotatable bonds is 4. The van der Waals surface area contributed by atoms with Crippen molar-refractivity contribution in [1.29, 1.82) is 0 Å². The normalized spacial score (nSPS) is 20.9. The lowest BCUT2D eigenvalue weighted by Crippen LogP contribution is -2.05. The van der Waals surface area contributed by atoms with E-state index in [2.05, 4.69) is 11.1 Å². The molecule has 100 valence electrons. The van der Waals surface area contributed by atoms with Crippen LogP contribution in [0.15, 0.2) is 23.2 Å². The van der Waals surface area contributed by atoms with Gasteiger partial charge in [-0.2, -0.15) is 4.99 Å². The first-order valence-electron chi connectivity index (χ1n) is 7.06. The first-order valence-corrected chi connectivity index (χ1v) is 7.06. The Morgan fingerprint density at radius 3 is 2.63 bits per heavy atom. The van der Waals surface area contributed by atoms with Crippen molar-refractivity contribution < 1.29 is 9.53 Å². The third-order valence-electron chi connectivity index (χ3n) is 4.55. The lowest BCUT2D eigenvalue weighted by Gasteiger charge is -2.18. The summed E-state index contributed by atoms with van der Waals surface area (Å²) in [5.74, 6) is 1.58. The van der Waals surface area contributed by atoms with Crippen LogP contribution < -0.4 is 4.74 Å². The molecule has 1 aromatic carbocycles. The Morgan fingerprint density at radius 1 is 1.32 bits per heavy atom. The molecule has 2 aliphatic carbocycles. The molecule has 2 aliphatic rings. The van der Waals surface area contributed by atoms with Gasteiger partial charge in [0.2, 0.25) is 6.08 Å². The number of aliphatic imine (C=N–C) groups is 1. The molecule has 0 N–H and O–H groups in total. The van der Waals surface area contributed by atoms with Gasteiger partial charge in [-0.25, -0.2) is 4.79 Å². The smallest absolute Gasteiger partial charge is 0.235 e. The summed E-state index contributed by atoms with van der Waals surface area (Å²) in [7, 11) is 1.73. The number of ether oxygens (including phenoxy) is 1.